The van der Waals surface area contributed by atoms with E-state index in [1.165, 1.54) is 5.56 Å². The average Bonchev–Trinajstić information content (AvgIpc) is 2.51. The van der Waals surface area contributed by atoms with E-state index in [9.17, 15) is 4.79 Å². The Hall–Kier alpha value is -1.59. The van der Waals surface area contributed by atoms with Gasteiger partial charge in [-0.3, -0.25) is 4.79 Å². The number of amides is 1. The molecule has 0 spiro atoms. The number of benzene rings is 1. The number of hydrogen-bond donors (Lipinski definition) is 1. The molecule has 1 amide bonds. The fourth-order valence-corrected chi connectivity index (χ4v) is 1.92. The van der Waals surface area contributed by atoms with Crippen molar-refractivity contribution >= 4 is 5.91 Å². The summed E-state index contributed by atoms with van der Waals surface area (Å²) in [5, 5.41) is 2.79. The maximum absolute atomic E-state index is 11.8. The van der Waals surface area contributed by atoms with Crippen LogP contribution in [0.2, 0.25) is 0 Å². The number of hydrogen-bond acceptors (Lipinski definition) is 4. The number of methoxy groups -OCH3 is 2. The summed E-state index contributed by atoms with van der Waals surface area (Å²) in [6, 6.07) is 7.79. The number of rotatable bonds is 9. The zero-order valence-electron chi connectivity index (χ0n) is 14.1. The van der Waals surface area contributed by atoms with Crippen molar-refractivity contribution in [2.45, 2.75) is 32.3 Å². The predicted molar refractivity (Wildman–Crippen MR) is 86.3 cm³/mol. The van der Waals surface area contributed by atoms with Crippen LogP contribution in [0.15, 0.2) is 24.3 Å². The third-order valence-electron chi connectivity index (χ3n) is 3.52. The molecule has 0 fully saturated rings. The van der Waals surface area contributed by atoms with E-state index in [-0.39, 0.29) is 12.5 Å². The van der Waals surface area contributed by atoms with Gasteiger partial charge in [0.2, 0.25) is 0 Å². The van der Waals surface area contributed by atoms with Gasteiger partial charge in [0.05, 0.1) is 6.61 Å². The van der Waals surface area contributed by atoms with Crippen LogP contribution in [0.5, 0.6) is 5.75 Å². The number of carbonyl (C=O) groups is 1. The van der Waals surface area contributed by atoms with Crippen molar-refractivity contribution in [3.05, 3.63) is 29.8 Å². The Bertz CT molecular complexity index is 458. The molecule has 0 aliphatic rings. The smallest absolute Gasteiger partial charge is 0.258 e. The van der Waals surface area contributed by atoms with Crippen LogP contribution in [0.4, 0.5) is 0 Å². The number of ether oxygens (including phenoxy) is 3. The second kappa shape index (κ2) is 8.76. The highest BCUT2D eigenvalue weighted by atomic mass is 16.5. The van der Waals surface area contributed by atoms with E-state index in [1.54, 1.807) is 14.2 Å². The van der Waals surface area contributed by atoms with Gasteiger partial charge in [-0.2, -0.15) is 0 Å². The average molecular weight is 309 g/mol. The highest BCUT2D eigenvalue weighted by molar-refractivity contribution is 5.77. The van der Waals surface area contributed by atoms with E-state index in [2.05, 4.69) is 19.2 Å². The Balaban J connectivity index is 2.39. The summed E-state index contributed by atoms with van der Waals surface area (Å²) in [5.41, 5.74) is 0.704. The second-order valence-corrected chi connectivity index (χ2v) is 5.88. The van der Waals surface area contributed by atoms with Gasteiger partial charge >= 0.3 is 0 Å². The van der Waals surface area contributed by atoms with E-state index >= 15 is 0 Å². The maximum atomic E-state index is 11.8. The quantitative estimate of drug-likeness (QED) is 0.761. The van der Waals surface area contributed by atoms with Crippen molar-refractivity contribution in [2.75, 3.05) is 34.0 Å². The highest BCUT2D eigenvalue weighted by Crippen LogP contribution is 2.18. The molecule has 0 aliphatic heterocycles. The van der Waals surface area contributed by atoms with Crippen molar-refractivity contribution in [2.24, 2.45) is 0 Å². The lowest BCUT2D eigenvalue weighted by atomic mass is 10.0. The van der Waals surface area contributed by atoms with Crippen LogP contribution < -0.4 is 10.1 Å². The first kappa shape index (κ1) is 18.5. The lowest BCUT2D eigenvalue weighted by Gasteiger charge is -2.27. The Morgan fingerprint density at radius 3 is 2.36 bits per heavy atom. The van der Waals surface area contributed by atoms with Gasteiger partial charge in [0.25, 0.3) is 5.91 Å². The van der Waals surface area contributed by atoms with Crippen LogP contribution in [-0.4, -0.2) is 45.5 Å². The van der Waals surface area contributed by atoms with E-state index in [4.69, 9.17) is 14.2 Å². The van der Waals surface area contributed by atoms with Crippen LogP contribution in [0.3, 0.4) is 0 Å². The summed E-state index contributed by atoms with van der Waals surface area (Å²) in [5.74, 6) is 0.975. The molecular weight excluding hydrogens is 282 g/mol. The third kappa shape index (κ3) is 6.03. The summed E-state index contributed by atoms with van der Waals surface area (Å²) < 4.78 is 15.9. The fraction of sp³-hybridized carbons (Fsp3) is 0.588. The molecule has 0 aliphatic carbocycles. The van der Waals surface area contributed by atoms with Gasteiger partial charge in [0.1, 0.15) is 11.4 Å². The van der Waals surface area contributed by atoms with Crippen molar-refractivity contribution < 1.29 is 19.0 Å². The first-order chi connectivity index (χ1) is 10.4. The molecule has 1 aromatic rings. The third-order valence-corrected chi connectivity index (χ3v) is 3.52. The van der Waals surface area contributed by atoms with Crippen molar-refractivity contribution in [1.29, 1.82) is 0 Å². The van der Waals surface area contributed by atoms with Crippen molar-refractivity contribution in [1.82, 2.24) is 5.32 Å². The minimum atomic E-state index is -0.538. The van der Waals surface area contributed by atoms with Gasteiger partial charge in [-0.05, 0) is 30.5 Å². The van der Waals surface area contributed by atoms with Gasteiger partial charge in [-0.25, -0.2) is 0 Å². The minimum Gasteiger partial charge on any atom is -0.484 e. The monoisotopic (exact) mass is 309 g/mol. The Labute approximate surface area is 132 Å². The molecule has 0 radical (unpaired) electrons. The maximum Gasteiger partial charge on any atom is 0.258 e. The van der Waals surface area contributed by atoms with E-state index in [0.717, 1.165) is 0 Å². The SMILES string of the molecule is COC[C@@](C)(CNC(=O)COc1ccc(C(C)C)cc1)OC. The molecule has 1 aromatic carbocycles. The molecule has 124 valence electrons. The lowest BCUT2D eigenvalue weighted by Crippen LogP contribution is -2.46. The van der Waals surface area contributed by atoms with Gasteiger partial charge in [0, 0.05) is 20.8 Å². The molecular formula is C17H27NO4. The molecule has 0 heterocycles. The largest absolute Gasteiger partial charge is 0.484 e. The van der Waals surface area contributed by atoms with Gasteiger partial charge < -0.3 is 19.5 Å². The molecule has 0 unspecified atom stereocenters. The number of carbonyl (C=O) groups excluding carboxylic acids is 1. The summed E-state index contributed by atoms with van der Waals surface area (Å²) in [6.07, 6.45) is 0. The first-order valence-electron chi connectivity index (χ1n) is 7.44. The molecule has 1 N–H and O–H groups in total. The number of nitrogens with one attached hydrogen (secondary N) is 1. The molecule has 0 saturated heterocycles. The molecule has 5 heteroatoms. The summed E-state index contributed by atoms with van der Waals surface area (Å²) >= 11 is 0. The topological polar surface area (TPSA) is 56.8 Å². The van der Waals surface area contributed by atoms with Gasteiger partial charge in [-0.1, -0.05) is 26.0 Å². The molecule has 1 atom stereocenters. The van der Waals surface area contributed by atoms with Crippen LogP contribution in [0.1, 0.15) is 32.3 Å². The summed E-state index contributed by atoms with van der Waals surface area (Å²) in [6.45, 7) is 6.90. The summed E-state index contributed by atoms with van der Waals surface area (Å²) in [7, 11) is 3.20. The molecule has 0 bridgehead atoms. The standard InChI is InChI=1S/C17H27NO4/c1-13(2)14-6-8-15(9-7-14)22-10-16(19)18-11-17(3,21-5)12-20-4/h6-9,13H,10-12H2,1-5H3,(H,18,19)/t17-/m1/s1. The Kier molecular flexibility index (Phi) is 7.35. The normalized spacial score (nSPS) is 13.7. The lowest BCUT2D eigenvalue weighted by molar-refractivity contribution is -0.125. The Morgan fingerprint density at radius 2 is 1.86 bits per heavy atom. The van der Waals surface area contributed by atoms with Crippen LogP contribution in [-0.2, 0) is 14.3 Å². The highest BCUT2D eigenvalue weighted by Gasteiger charge is 2.24. The zero-order chi connectivity index (χ0) is 16.6. The molecule has 1 rings (SSSR count). The van der Waals surface area contributed by atoms with Gasteiger partial charge in [0.15, 0.2) is 6.61 Å². The predicted octanol–water partition coefficient (Wildman–Crippen LogP) is 2.36. The van der Waals surface area contributed by atoms with E-state index in [1.807, 2.05) is 31.2 Å². The molecule has 5 nitrogen and oxygen atoms in total. The summed E-state index contributed by atoms with van der Waals surface area (Å²) in [4.78, 5) is 11.8. The van der Waals surface area contributed by atoms with Crippen LogP contribution in [0, 0.1) is 0 Å². The minimum absolute atomic E-state index is 0.0200. The zero-order valence-corrected chi connectivity index (χ0v) is 14.1. The Morgan fingerprint density at radius 1 is 1.23 bits per heavy atom. The molecule has 0 aromatic heterocycles. The van der Waals surface area contributed by atoms with Crippen molar-refractivity contribution in [3.63, 3.8) is 0 Å². The van der Waals surface area contributed by atoms with Gasteiger partial charge in [-0.15, -0.1) is 0 Å². The van der Waals surface area contributed by atoms with Crippen LogP contribution in [0.25, 0.3) is 0 Å². The second-order valence-electron chi connectivity index (χ2n) is 5.88. The molecule has 0 saturated carbocycles. The van der Waals surface area contributed by atoms with E-state index in [0.29, 0.717) is 24.8 Å². The van der Waals surface area contributed by atoms with E-state index < -0.39 is 5.60 Å². The van der Waals surface area contributed by atoms with Crippen molar-refractivity contribution in [3.8, 4) is 5.75 Å². The fourth-order valence-electron chi connectivity index (χ4n) is 1.92. The first-order valence-corrected chi connectivity index (χ1v) is 7.44. The van der Waals surface area contributed by atoms with Crippen LogP contribution >= 0.6 is 0 Å². The molecule has 22 heavy (non-hydrogen) atoms.